The maximum absolute atomic E-state index is 11.7. The fraction of sp³-hybridized carbons (Fsp3) is 0.700. The van der Waals surface area contributed by atoms with Gasteiger partial charge < -0.3 is 16.0 Å². The number of hydrogen-bond acceptors (Lipinski definition) is 5. The highest BCUT2D eigenvalue weighted by Gasteiger charge is 2.18. The van der Waals surface area contributed by atoms with E-state index >= 15 is 0 Å². The molecule has 1 aromatic rings. The second-order valence-corrected chi connectivity index (χ2v) is 4.47. The molecule has 2 heterocycles. The zero-order chi connectivity index (χ0) is 12.3. The first-order chi connectivity index (χ1) is 8.13. The molecule has 1 atom stereocenters. The Morgan fingerprint density at radius 2 is 2.53 bits per heavy atom. The lowest BCUT2D eigenvalue weighted by Gasteiger charge is -2.30. The highest BCUT2D eigenvalue weighted by atomic mass is 16.2. The summed E-state index contributed by atoms with van der Waals surface area (Å²) in [7, 11) is 2.07. The van der Waals surface area contributed by atoms with E-state index in [4.69, 9.17) is 5.73 Å². The van der Waals surface area contributed by atoms with Gasteiger partial charge in [-0.15, -0.1) is 5.10 Å². The highest BCUT2D eigenvalue weighted by Crippen LogP contribution is 2.07. The molecule has 0 radical (unpaired) electrons. The van der Waals surface area contributed by atoms with E-state index in [1.54, 1.807) is 0 Å². The summed E-state index contributed by atoms with van der Waals surface area (Å²) in [6, 6.07) is 0.238. The van der Waals surface area contributed by atoms with Crippen LogP contribution in [-0.4, -0.2) is 51.8 Å². The monoisotopic (exact) mass is 238 g/mol. The largest absolute Gasteiger partial charge is 0.367 e. The first-order valence-corrected chi connectivity index (χ1v) is 5.76. The molecule has 7 nitrogen and oxygen atoms in total. The number of carbonyl (C=O) groups is 1. The van der Waals surface area contributed by atoms with Gasteiger partial charge in [-0.2, -0.15) is 0 Å². The summed E-state index contributed by atoms with van der Waals surface area (Å²) in [4.78, 5) is 17.7. The minimum Gasteiger partial charge on any atom is -0.367 e. The Morgan fingerprint density at radius 3 is 3.18 bits per heavy atom. The van der Waals surface area contributed by atoms with E-state index in [-0.39, 0.29) is 24.4 Å². The number of piperidine rings is 1. The van der Waals surface area contributed by atoms with Gasteiger partial charge in [-0.3, -0.25) is 4.79 Å². The third kappa shape index (κ3) is 3.42. The average Bonchev–Trinajstić information content (AvgIpc) is 2.63. The Morgan fingerprint density at radius 1 is 1.71 bits per heavy atom. The van der Waals surface area contributed by atoms with Crippen molar-refractivity contribution >= 4 is 11.9 Å². The van der Waals surface area contributed by atoms with E-state index in [9.17, 15) is 4.79 Å². The van der Waals surface area contributed by atoms with Crippen LogP contribution < -0.4 is 11.1 Å². The van der Waals surface area contributed by atoms with Crippen molar-refractivity contribution in [2.24, 2.45) is 0 Å². The van der Waals surface area contributed by atoms with Crippen LogP contribution in [0.4, 0.5) is 5.95 Å². The Hall–Kier alpha value is -1.63. The molecular formula is C10H18N6O. The van der Waals surface area contributed by atoms with Crippen LogP contribution in [0.2, 0.25) is 0 Å². The topological polar surface area (TPSA) is 89.1 Å². The van der Waals surface area contributed by atoms with Crippen molar-refractivity contribution in [3.8, 4) is 0 Å². The summed E-state index contributed by atoms with van der Waals surface area (Å²) in [5.74, 6) is 0.144. The molecule has 94 valence electrons. The van der Waals surface area contributed by atoms with Crippen LogP contribution in [0, 0.1) is 0 Å². The fourth-order valence-corrected chi connectivity index (χ4v) is 2.09. The summed E-state index contributed by atoms with van der Waals surface area (Å²) in [6.07, 6.45) is 3.62. The fourth-order valence-electron chi connectivity index (χ4n) is 2.09. The molecule has 1 fully saturated rings. The van der Waals surface area contributed by atoms with Crippen LogP contribution >= 0.6 is 0 Å². The van der Waals surface area contributed by atoms with Crippen molar-refractivity contribution in [2.75, 3.05) is 25.9 Å². The molecule has 1 aromatic heterocycles. The maximum atomic E-state index is 11.7. The van der Waals surface area contributed by atoms with Crippen molar-refractivity contribution in [3.63, 3.8) is 0 Å². The third-order valence-electron chi connectivity index (χ3n) is 2.85. The molecule has 7 heteroatoms. The number of likely N-dealkylation sites (tertiary alicyclic amines) is 1. The summed E-state index contributed by atoms with van der Waals surface area (Å²) < 4.78 is 1.44. The van der Waals surface area contributed by atoms with Gasteiger partial charge in [0.2, 0.25) is 11.9 Å². The third-order valence-corrected chi connectivity index (χ3v) is 2.85. The van der Waals surface area contributed by atoms with Crippen molar-refractivity contribution in [1.82, 2.24) is 25.0 Å². The molecule has 0 aliphatic carbocycles. The van der Waals surface area contributed by atoms with Crippen LogP contribution in [0.25, 0.3) is 0 Å². The molecule has 0 aromatic carbocycles. The van der Waals surface area contributed by atoms with E-state index in [1.165, 1.54) is 11.0 Å². The molecule has 2 rings (SSSR count). The molecule has 17 heavy (non-hydrogen) atoms. The Kier molecular flexibility index (Phi) is 3.58. The highest BCUT2D eigenvalue weighted by molar-refractivity contribution is 5.75. The summed E-state index contributed by atoms with van der Waals surface area (Å²) in [6.45, 7) is 2.18. The van der Waals surface area contributed by atoms with Crippen molar-refractivity contribution < 1.29 is 4.79 Å². The molecular weight excluding hydrogens is 220 g/mol. The first kappa shape index (κ1) is 11.8. The first-order valence-electron chi connectivity index (χ1n) is 5.76. The van der Waals surface area contributed by atoms with Gasteiger partial charge in [-0.1, -0.05) is 0 Å². The number of amides is 1. The van der Waals surface area contributed by atoms with E-state index in [0.717, 1.165) is 25.9 Å². The van der Waals surface area contributed by atoms with Gasteiger partial charge in [-0.25, -0.2) is 9.67 Å². The number of likely N-dealkylation sites (N-methyl/N-ethyl adjacent to an activating group) is 1. The molecule has 0 bridgehead atoms. The predicted octanol–water partition coefficient (Wildman–Crippen LogP) is -0.929. The smallest absolute Gasteiger partial charge is 0.242 e. The number of aromatic nitrogens is 3. The number of hydrogen-bond donors (Lipinski definition) is 2. The van der Waals surface area contributed by atoms with Gasteiger partial charge in [0.15, 0.2) is 0 Å². The SMILES string of the molecule is CN1CCCC(NC(=O)Cn2cnc(N)n2)C1. The normalized spacial score (nSPS) is 21.4. The van der Waals surface area contributed by atoms with Crippen LogP contribution in [0.1, 0.15) is 12.8 Å². The standard InChI is InChI=1S/C10H18N6O/c1-15-4-2-3-8(5-15)13-9(17)6-16-7-12-10(11)14-16/h7-8H,2-6H2,1H3,(H2,11,14)(H,13,17). The van der Waals surface area contributed by atoms with E-state index in [2.05, 4.69) is 27.3 Å². The molecule has 1 saturated heterocycles. The number of rotatable bonds is 3. The zero-order valence-corrected chi connectivity index (χ0v) is 9.96. The Bertz CT molecular complexity index is 390. The molecule has 1 unspecified atom stereocenters. The quantitative estimate of drug-likeness (QED) is 0.710. The van der Waals surface area contributed by atoms with Gasteiger partial charge in [0, 0.05) is 12.6 Å². The Balaban J connectivity index is 1.80. The van der Waals surface area contributed by atoms with Crippen LogP contribution in [0.3, 0.4) is 0 Å². The zero-order valence-electron chi connectivity index (χ0n) is 9.96. The van der Waals surface area contributed by atoms with E-state index < -0.39 is 0 Å². The summed E-state index contributed by atoms with van der Waals surface area (Å²) >= 11 is 0. The number of carbonyl (C=O) groups excluding carboxylic acids is 1. The van der Waals surface area contributed by atoms with Gasteiger partial charge in [0.05, 0.1) is 0 Å². The predicted molar refractivity (Wildman–Crippen MR) is 63.1 cm³/mol. The molecule has 1 aliphatic rings. The lowest BCUT2D eigenvalue weighted by molar-refractivity contribution is -0.122. The van der Waals surface area contributed by atoms with Crippen LogP contribution in [0.15, 0.2) is 6.33 Å². The van der Waals surface area contributed by atoms with Gasteiger partial charge in [0.25, 0.3) is 0 Å². The Labute approximate surface area is 100.0 Å². The van der Waals surface area contributed by atoms with Gasteiger partial charge in [-0.05, 0) is 26.4 Å². The maximum Gasteiger partial charge on any atom is 0.242 e. The lowest BCUT2D eigenvalue weighted by Crippen LogP contribution is -2.47. The summed E-state index contributed by atoms with van der Waals surface area (Å²) in [5.41, 5.74) is 5.38. The second kappa shape index (κ2) is 5.13. The average molecular weight is 238 g/mol. The van der Waals surface area contributed by atoms with Crippen molar-refractivity contribution in [2.45, 2.75) is 25.4 Å². The minimum absolute atomic E-state index is 0.0461. The van der Waals surface area contributed by atoms with Crippen LogP contribution in [-0.2, 0) is 11.3 Å². The lowest BCUT2D eigenvalue weighted by atomic mass is 10.1. The molecule has 3 N–H and O–H groups in total. The van der Waals surface area contributed by atoms with E-state index in [0.29, 0.717) is 0 Å². The number of nitrogens with two attached hydrogens (primary N) is 1. The molecule has 0 spiro atoms. The molecule has 1 amide bonds. The number of anilines is 1. The molecule has 1 aliphatic heterocycles. The number of nitrogen functional groups attached to an aromatic ring is 1. The summed E-state index contributed by atoms with van der Waals surface area (Å²) in [5, 5.41) is 6.87. The van der Waals surface area contributed by atoms with Gasteiger partial charge >= 0.3 is 0 Å². The van der Waals surface area contributed by atoms with E-state index in [1.807, 2.05) is 0 Å². The minimum atomic E-state index is -0.0461. The number of nitrogens with one attached hydrogen (secondary N) is 1. The van der Waals surface area contributed by atoms with Gasteiger partial charge in [0.1, 0.15) is 12.9 Å². The second-order valence-electron chi connectivity index (χ2n) is 4.47. The number of nitrogens with zero attached hydrogens (tertiary/aromatic N) is 4. The van der Waals surface area contributed by atoms with Crippen molar-refractivity contribution in [3.05, 3.63) is 6.33 Å². The van der Waals surface area contributed by atoms with Crippen LogP contribution in [0.5, 0.6) is 0 Å². The van der Waals surface area contributed by atoms with Crippen molar-refractivity contribution in [1.29, 1.82) is 0 Å². The molecule has 0 saturated carbocycles.